The summed E-state index contributed by atoms with van der Waals surface area (Å²) in [5, 5.41) is 11.5. The average Bonchev–Trinajstić information content (AvgIpc) is 2.41. The number of hydrogen-bond acceptors (Lipinski definition) is 3. The Labute approximate surface area is 109 Å². The number of aryl methyl sites for hydroxylation is 1. The zero-order valence-electron chi connectivity index (χ0n) is 10.2. The molecule has 0 bridgehead atoms. The maximum atomic E-state index is 13.8. The molecule has 0 heterocycles. The molecule has 0 saturated heterocycles. The Balaban J connectivity index is 2.42. The van der Waals surface area contributed by atoms with Crippen LogP contribution >= 0.6 is 0 Å². The van der Waals surface area contributed by atoms with Crippen molar-refractivity contribution in [3.8, 4) is 6.07 Å². The summed E-state index contributed by atoms with van der Waals surface area (Å²) >= 11 is 0. The molecule has 0 fully saturated rings. The van der Waals surface area contributed by atoms with Crippen LogP contribution in [0.2, 0.25) is 0 Å². The number of hydrogen-bond donors (Lipinski definition) is 2. The van der Waals surface area contributed by atoms with Crippen molar-refractivity contribution < 1.29 is 8.78 Å². The summed E-state index contributed by atoms with van der Waals surface area (Å²) in [6, 6.07) is 8.95. The highest BCUT2D eigenvalue weighted by Crippen LogP contribution is 2.27. The minimum Gasteiger partial charge on any atom is -0.398 e. The highest BCUT2D eigenvalue weighted by molar-refractivity contribution is 5.67. The molecule has 0 aromatic heterocycles. The molecule has 0 radical (unpaired) electrons. The van der Waals surface area contributed by atoms with Crippen LogP contribution in [0.1, 0.15) is 11.1 Å². The van der Waals surface area contributed by atoms with Gasteiger partial charge in [0.25, 0.3) is 0 Å². The smallest absolute Gasteiger partial charge is 0.152 e. The Bertz CT molecular complexity index is 675. The number of rotatable bonds is 2. The van der Waals surface area contributed by atoms with Gasteiger partial charge in [-0.25, -0.2) is 8.78 Å². The molecule has 0 aliphatic heterocycles. The van der Waals surface area contributed by atoms with E-state index >= 15 is 0 Å². The Hall–Kier alpha value is -2.61. The van der Waals surface area contributed by atoms with Crippen LogP contribution in [0.15, 0.2) is 30.3 Å². The summed E-state index contributed by atoms with van der Waals surface area (Å²) in [5.41, 5.74) is 6.63. The first-order valence-corrected chi connectivity index (χ1v) is 5.54. The minimum absolute atomic E-state index is 0.242. The molecule has 0 aliphatic rings. The fourth-order valence-electron chi connectivity index (χ4n) is 1.65. The van der Waals surface area contributed by atoms with Gasteiger partial charge in [0.2, 0.25) is 0 Å². The third-order valence-corrected chi connectivity index (χ3v) is 2.73. The van der Waals surface area contributed by atoms with E-state index in [0.29, 0.717) is 16.9 Å². The van der Waals surface area contributed by atoms with Crippen LogP contribution in [-0.4, -0.2) is 0 Å². The predicted octanol–water partition coefficient (Wildman–Crippen LogP) is 3.47. The summed E-state index contributed by atoms with van der Waals surface area (Å²) in [6.45, 7) is 1.55. The van der Waals surface area contributed by atoms with Crippen LogP contribution in [0, 0.1) is 29.9 Å². The number of halogens is 2. The van der Waals surface area contributed by atoms with Gasteiger partial charge in [0.1, 0.15) is 17.6 Å². The average molecular weight is 259 g/mol. The van der Waals surface area contributed by atoms with E-state index in [-0.39, 0.29) is 11.3 Å². The molecule has 2 aromatic carbocycles. The molecular formula is C14H11F2N3. The number of nitrogens with one attached hydrogen (secondary N) is 1. The van der Waals surface area contributed by atoms with Crippen molar-refractivity contribution in [2.24, 2.45) is 0 Å². The van der Waals surface area contributed by atoms with Crippen molar-refractivity contribution >= 4 is 17.1 Å². The summed E-state index contributed by atoms with van der Waals surface area (Å²) < 4.78 is 27.4. The van der Waals surface area contributed by atoms with Gasteiger partial charge in [-0.3, -0.25) is 0 Å². The zero-order valence-corrected chi connectivity index (χ0v) is 10.2. The zero-order chi connectivity index (χ0) is 14.0. The van der Waals surface area contributed by atoms with E-state index in [4.69, 9.17) is 11.0 Å². The number of benzene rings is 2. The summed E-state index contributed by atoms with van der Waals surface area (Å²) in [5.74, 6) is -1.35. The number of nitrogens with zero attached hydrogens (tertiary/aromatic N) is 1. The van der Waals surface area contributed by atoms with Crippen LogP contribution in [-0.2, 0) is 0 Å². The number of nitrogen functional groups attached to an aromatic ring is 1. The Morgan fingerprint density at radius 2 is 1.95 bits per heavy atom. The van der Waals surface area contributed by atoms with Crippen molar-refractivity contribution in [3.05, 3.63) is 53.1 Å². The van der Waals surface area contributed by atoms with Gasteiger partial charge in [0.05, 0.1) is 5.56 Å². The van der Waals surface area contributed by atoms with Gasteiger partial charge in [-0.1, -0.05) is 6.07 Å². The highest BCUT2D eigenvalue weighted by Gasteiger charge is 2.12. The van der Waals surface area contributed by atoms with Crippen LogP contribution < -0.4 is 11.1 Å². The van der Waals surface area contributed by atoms with E-state index in [1.54, 1.807) is 13.0 Å². The van der Waals surface area contributed by atoms with Crippen molar-refractivity contribution in [3.63, 3.8) is 0 Å². The van der Waals surface area contributed by atoms with E-state index in [1.807, 2.05) is 6.07 Å². The van der Waals surface area contributed by atoms with E-state index in [9.17, 15) is 8.78 Å². The monoisotopic (exact) mass is 259 g/mol. The predicted molar refractivity (Wildman–Crippen MR) is 69.9 cm³/mol. The quantitative estimate of drug-likeness (QED) is 0.812. The second-order valence-corrected chi connectivity index (χ2v) is 4.09. The first-order valence-electron chi connectivity index (χ1n) is 5.54. The second kappa shape index (κ2) is 4.94. The molecule has 2 aromatic rings. The molecule has 3 N–H and O–H groups in total. The van der Waals surface area contributed by atoms with Crippen molar-refractivity contribution in [1.29, 1.82) is 5.26 Å². The minimum atomic E-state index is -0.696. The van der Waals surface area contributed by atoms with Gasteiger partial charge in [0, 0.05) is 11.4 Å². The van der Waals surface area contributed by atoms with Crippen LogP contribution in [0.5, 0.6) is 0 Å². The maximum Gasteiger partial charge on any atom is 0.152 e. The number of anilines is 3. The maximum absolute atomic E-state index is 13.8. The molecule has 19 heavy (non-hydrogen) atoms. The normalized spacial score (nSPS) is 10.0. The highest BCUT2D eigenvalue weighted by atomic mass is 19.1. The van der Waals surface area contributed by atoms with E-state index in [2.05, 4.69) is 5.32 Å². The van der Waals surface area contributed by atoms with Gasteiger partial charge in [-0.05, 0) is 36.8 Å². The van der Waals surface area contributed by atoms with E-state index in [1.165, 1.54) is 24.3 Å². The van der Waals surface area contributed by atoms with E-state index in [0.717, 1.165) is 0 Å². The molecular weight excluding hydrogens is 248 g/mol. The molecule has 5 heteroatoms. The molecule has 0 saturated carbocycles. The summed E-state index contributed by atoms with van der Waals surface area (Å²) in [4.78, 5) is 0. The lowest BCUT2D eigenvalue weighted by Crippen LogP contribution is -2.00. The molecule has 0 aliphatic carbocycles. The van der Waals surface area contributed by atoms with Crippen LogP contribution in [0.3, 0.4) is 0 Å². The fraction of sp³-hybridized carbons (Fsp3) is 0.0714. The standard InChI is InChI=1S/C14H11F2N3/c1-8-2-4-11(15)14(13(8)16)19-10-3-5-12(18)9(6-10)7-17/h2-6,19H,18H2,1H3. The third-order valence-electron chi connectivity index (χ3n) is 2.73. The van der Waals surface area contributed by atoms with Crippen molar-refractivity contribution in [1.82, 2.24) is 0 Å². The van der Waals surface area contributed by atoms with Gasteiger partial charge in [0.15, 0.2) is 5.82 Å². The summed E-state index contributed by atoms with van der Waals surface area (Å²) in [6.07, 6.45) is 0. The third kappa shape index (κ3) is 2.47. The van der Waals surface area contributed by atoms with E-state index < -0.39 is 11.6 Å². The van der Waals surface area contributed by atoms with Crippen LogP contribution in [0.4, 0.5) is 25.8 Å². The molecule has 2 rings (SSSR count). The Morgan fingerprint density at radius 3 is 2.63 bits per heavy atom. The van der Waals surface area contributed by atoms with Crippen LogP contribution in [0.25, 0.3) is 0 Å². The van der Waals surface area contributed by atoms with Crippen molar-refractivity contribution in [2.45, 2.75) is 6.92 Å². The van der Waals surface area contributed by atoms with Gasteiger partial charge in [-0.15, -0.1) is 0 Å². The number of nitriles is 1. The Morgan fingerprint density at radius 1 is 1.21 bits per heavy atom. The lowest BCUT2D eigenvalue weighted by Gasteiger charge is -2.11. The first-order chi connectivity index (χ1) is 9.02. The van der Waals surface area contributed by atoms with Gasteiger partial charge in [-0.2, -0.15) is 5.26 Å². The molecule has 0 atom stereocenters. The van der Waals surface area contributed by atoms with Gasteiger partial charge >= 0.3 is 0 Å². The molecule has 96 valence electrons. The van der Waals surface area contributed by atoms with Gasteiger partial charge < -0.3 is 11.1 Å². The SMILES string of the molecule is Cc1ccc(F)c(Nc2ccc(N)c(C#N)c2)c1F. The van der Waals surface area contributed by atoms with Crippen molar-refractivity contribution in [2.75, 3.05) is 11.1 Å². The lowest BCUT2D eigenvalue weighted by atomic mass is 10.1. The number of nitrogens with two attached hydrogens (primary N) is 1. The largest absolute Gasteiger partial charge is 0.398 e. The lowest BCUT2D eigenvalue weighted by molar-refractivity contribution is 0.585. The summed E-state index contributed by atoms with van der Waals surface area (Å²) in [7, 11) is 0. The molecule has 0 unspecified atom stereocenters. The topological polar surface area (TPSA) is 61.8 Å². The Kier molecular flexibility index (Phi) is 3.34. The first kappa shape index (κ1) is 12.8. The fourth-order valence-corrected chi connectivity index (χ4v) is 1.65. The molecule has 0 amide bonds. The molecule has 3 nitrogen and oxygen atoms in total. The second-order valence-electron chi connectivity index (χ2n) is 4.09. The molecule has 0 spiro atoms.